The largest absolute Gasteiger partial charge is 0.354 e. The van der Waals surface area contributed by atoms with Gasteiger partial charge in [0.15, 0.2) is 0 Å². The van der Waals surface area contributed by atoms with Gasteiger partial charge in [-0.2, -0.15) is 0 Å². The maximum Gasteiger partial charge on any atom is 0.243 e. The molecule has 3 aromatic carbocycles. The van der Waals surface area contributed by atoms with Crippen molar-refractivity contribution in [2.24, 2.45) is 0 Å². The highest BCUT2D eigenvalue weighted by atomic mass is 35.5. The second kappa shape index (κ2) is 13.2. The van der Waals surface area contributed by atoms with E-state index in [4.69, 9.17) is 23.2 Å². The lowest BCUT2D eigenvalue weighted by atomic mass is 10.0. The Balaban J connectivity index is 1.91. The molecule has 1 N–H and O–H groups in total. The number of carbonyl (C=O) groups excluding carboxylic acids is 2. The summed E-state index contributed by atoms with van der Waals surface area (Å²) in [6.07, 6.45) is 1.96. The third-order valence-corrected chi connectivity index (χ3v) is 6.42. The number of halogens is 2. The van der Waals surface area contributed by atoms with E-state index in [0.717, 1.165) is 23.1 Å². The van der Waals surface area contributed by atoms with E-state index in [9.17, 15) is 9.59 Å². The normalized spacial score (nSPS) is 11.6. The monoisotopic (exact) mass is 496 g/mol. The van der Waals surface area contributed by atoms with Gasteiger partial charge in [-0.3, -0.25) is 9.59 Å². The van der Waals surface area contributed by atoms with Crippen LogP contribution in [-0.4, -0.2) is 29.3 Å². The molecule has 0 aliphatic carbocycles. The highest BCUT2D eigenvalue weighted by Crippen LogP contribution is 2.22. The Kier molecular flexibility index (Phi) is 9.99. The standard InChI is InChI=1S/C28H30Cl2N2O2/c1-2-18-31-28(34)26(19-21-10-4-3-5-11-21)32(20-23-13-7-9-15-25(23)30)27(33)17-16-22-12-6-8-14-24(22)29/h3-15,26H,2,16-20H2,1H3,(H,31,34). The minimum Gasteiger partial charge on any atom is -0.354 e. The van der Waals surface area contributed by atoms with E-state index in [-0.39, 0.29) is 24.8 Å². The molecule has 3 aromatic rings. The predicted molar refractivity (Wildman–Crippen MR) is 139 cm³/mol. The molecule has 1 unspecified atom stereocenters. The van der Waals surface area contributed by atoms with E-state index in [1.165, 1.54) is 0 Å². The molecule has 0 bridgehead atoms. The zero-order chi connectivity index (χ0) is 24.3. The van der Waals surface area contributed by atoms with Crippen molar-refractivity contribution in [3.8, 4) is 0 Å². The highest BCUT2D eigenvalue weighted by Gasteiger charge is 2.30. The lowest BCUT2D eigenvalue weighted by molar-refractivity contribution is -0.141. The van der Waals surface area contributed by atoms with Crippen LogP contribution in [0.2, 0.25) is 10.0 Å². The van der Waals surface area contributed by atoms with Gasteiger partial charge in [-0.1, -0.05) is 96.9 Å². The number of nitrogens with one attached hydrogen (secondary N) is 1. The number of carbonyl (C=O) groups is 2. The Morgan fingerprint density at radius 2 is 1.44 bits per heavy atom. The van der Waals surface area contributed by atoms with Gasteiger partial charge in [0.05, 0.1) is 0 Å². The maximum absolute atomic E-state index is 13.6. The molecule has 2 amide bonds. The third-order valence-electron chi connectivity index (χ3n) is 5.68. The second-order valence-corrected chi connectivity index (χ2v) is 9.02. The molecule has 0 radical (unpaired) electrons. The number of amides is 2. The minimum absolute atomic E-state index is 0.118. The fourth-order valence-electron chi connectivity index (χ4n) is 3.82. The van der Waals surface area contributed by atoms with Gasteiger partial charge in [0.2, 0.25) is 11.8 Å². The van der Waals surface area contributed by atoms with Crippen LogP contribution in [0.4, 0.5) is 0 Å². The summed E-state index contributed by atoms with van der Waals surface area (Å²) in [5.74, 6) is -0.281. The van der Waals surface area contributed by atoms with Crippen molar-refractivity contribution in [1.82, 2.24) is 10.2 Å². The summed E-state index contributed by atoms with van der Waals surface area (Å²) in [7, 11) is 0. The Hall–Kier alpha value is -2.82. The van der Waals surface area contributed by atoms with E-state index in [2.05, 4.69) is 5.32 Å². The van der Waals surface area contributed by atoms with Crippen LogP contribution in [-0.2, 0) is 29.0 Å². The SMILES string of the molecule is CCCNC(=O)C(Cc1ccccc1)N(Cc1ccccc1Cl)C(=O)CCc1ccccc1Cl. The van der Waals surface area contributed by atoms with Gasteiger partial charge in [-0.15, -0.1) is 0 Å². The molecular weight excluding hydrogens is 467 g/mol. The van der Waals surface area contributed by atoms with Gasteiger partial charge in [0.25, 0.3) is 0 Å². The van der Waals surface area contributed by atoms with Crippen molar-refractivity contribution in [2.45, 2.75) is 45.2 Å². The van der Waals surface area contributed by atoms with Crippen LogP contribution in [0.5, 0.6) is 0 Å². The first-order valence-electron chi connectivity index (χ1n) is 11.6. The van der Waals surface area contributed by atoms with Crippen molar-refractivity contribution in [2.75, 3.05) is 6.54 Å². The number of benzene rings is 3. The van der Waals surface area contributed by atoms with Crippen LogP contribution in [0.1, 0.15) is 36.5 Å². The first-order chi connectivity index (χ1) is 16.5. The zero-order valence-electron chi connectivity index (χ0n) is 19.3. The molecule has 4 nitrogen and oxygen atoms in total. The summed E-state index contributed by atoms with van der Waals surface area (Å²) < 4.78 is 0. The van der Waals surface area contributed by atoms with Gasteiger partial charge in [0, 0.05) is 36.0 Å². The fraction of sp³-hybridized carbons (Fsp3) is 0.286. The first-order valence-corrected chi connectivity index (χ1v) is 12.3. The number of rotatable bonds is 11. The van der Waals surface area contributed by atoms with Gasteiger partial charge in [-0.05, 0) is 41.7 Å². The lowest BCUT2D eigenvalue weighted by Gasteiger charge is -2.32. The van der Waals surface area contributed by atoms with E-state index < -0.39 is 6.04 Å². The molecule has 0 saturated heterocycles. The smallest absolute Gasteiger partial charge is 0.243 e. The Labute approximate surface area is 211 Å². The molecule has 0 heterocycles. The molecular formula is C28H30Cl2N2O2. The molecule has 0 aromatic heterocycles. The quantitative estimate of drug-likeness (QED) is 0.349. The van der Waals surface area contributed by atoms with E-state index in [1.807, 2.05) is 79.7 Å². The average Bonchev–Trinajstić information content (AvgIpc) is 2.85. The molecule has 0 saturated carbocycles. The topological polar surface area (TPSA) is 49.4 Å². The van der Waals surface area contributed by atoms with Gasteiger partial charge >= 0.3 is 0 Å². The molecule has 0 aliphatic heterocycles. The Bertz CT molecular complexity index is 1090. The molecule has 0 aliphatic rings. The van der Waals surface area contributed by atoms with Gasteiger partial charge in [-0.25, -0.2) is 0 Å². The van der Waals surface area contributed by atoms with Gasteiger partial charge in [0.1, 0.15) is 6.04 Å². The molecule has 34 heavy (non-hydrogen) atoms. The van der Waals surface area contributed by atoms with Crippen LogP contribution in [0, 0.1) is 0 Å². The lowest BCUT2D eigenvalue weighted by Crippen LogP contribution is -2.50. The molecule has 0 spiro atoms. The third kappa shape index (κ3) is 7.34. The summed E-state index contributed by atoms with van der Waals surface area (Å²) in [5, 5.41) is 4.19. The summed E-state index contributed by atoms with van der Waals surface area (Å²) in [6.45, 7) is 2.80. The second-order valence-electron chi connectivity index (χ2n) is 8.20. The fourth-order valence-corrected chi connectivity index (χ4v) is 4.24. The summed E-state index contributed by atoms with van der Waals surface area (Å²) in [5.41, 5.74) is 2.70. The van der Waals surface area contributed by atoms with Crippen molar-refractivity contribution in [1.29, 1.82) is 0 Å². The molecule has 3 rings (SSSR count). The molecule has 1 atom stereocenters. The van der Waals surface area contributed by atoms with Gasteiger partial charge < -0.3 is 10.2 Å². The van der Waals surface area contributed by atoms with Crippen molar-refractivity contribution in [3.63, 3.8) is 0 Å². The first kappa shape index (κ1) is 25.8. The van der Waals surface area contributed by atoms with Crippen molar-refractivity contribution < 1.29 is 9.59 Å². The zero-order valence-corrected chi connectivity index (χ0v) is 20.9. The predicted octanol–water partition coefficient (Wildman–Crippen LogP) is 6.09. The number of hydrogen-bond acceptors (Lipinski definition) is 2. The van der Waals surface area contributed by atoms with Crippen LogP contribution in [0.25, 0.3) is 0 Å². The summed E-state index contributed by atoms with van der Waals surface area (Å²) >= 11 is 12.7. The molecule has 178 valence electrons. The van der Waals surface area contributed by atoms with Crippen LogP contribution >= 0.6 is 23.2 Å². The highest BCUT2D eigenvalue weighted by molar-refractivity contribution is 6.31. The van der Waals surface area contributed by atoms with Crippen LogP contribution in [0.3, 0.4) is 0 Å². The Morgan fingerprint density at radius 1 is 0.853 bits per heavy atom. The Morgan fingerprint density at radius 3 is 2.06 bits per heavy atom. The van der Waals surface area contributed by atoms with E-state index >= 15 is 0 Å². The van der Waals surface area contributed by atoms with Crippen molar-refractivity contribution >= 4 is 35.0 Å². The number of hydrogen-bond donors (Lipinski definition) is 1. The summed E-state index contributed by atoms with van der Waals surface area (Å²) in [6, 6.07) is 24.0. The number of nitrogens with zero attached hydrogens (tertiary/aromatic N) is 1. The molecule has 6 heteroatoms. The van der Waals surface area contributed by atoms with Crippen LogP contribution in [0.15, 0.2) is 78.9 Å². The summed E-state index contributed by atoms with van der Waals surface area (Å²) in [4.78, 5) is 28.6. The average molecular weight is 497 g/mol. The number of aryl methyl sites for hydroxylation is 1. The maximum atomic E-state index is 13.6. The minimum atomic E-state index is -0.663. The van der Waals surface area contributed by atoms with Crippen LogP contribution < -0.4 is 5.32 Å². The van der Waals surface area contributed by atoms with E-state index in [0.29, 0.717) is 29.4 Å². The molecule has 0 fully saturated rings. The van der Waals surface area contributed by atoms with Crippen molar-refractivity contribution in [3.05, 3.63) is 106 Å². The van der Waals surface area contributed by atoms with E-state index in [1.54, 1.807) is 11.0 Å².